The number of nitrogens with zero attached hydrogens (tertiary/aromatic N) is 1. The highest BCUT2D eigenvalue weighted by Gasteiger charge is 2.24. The number of nitrogens with one attached hydrogen (secondary N) is 1. The van der Waals surface area contributed by atoms with E-state index < -0.39 is 0 Å². The van der Waals surface area contributed by atoms with Gasteiger partial charge in [-0.3, -0.25) is 9.69 Å². The molecule has 1 amide bonds. The molecule has 0 bridgehead atoms. The lowest BCUT2D eigenvalue weighted by Gasteiger charge is -2.35. The van der Waals surface area contributed by atoms with Gasteiger partial charge in [-0.15, -0.1) is 0 Å². The SMILES string of the molecule is Cc1cccc(OCC(=O)NC[C@@H](c2ccccc2Cl)N2CCOCC2)c1C. The van der Waals surface area contributed by atoms with Crippen molar-refractivity contribution in [2.45, 2.75) is 19.9 Å². The van der Waals surface area contributed by atoms with Crippen molar-refractivity contribution < 1.29 is 14.3 Å². The maximum atomic E-state index is 12.4. The Hall–Kier alpha value is -2.08. The van der Waals surface area contributed by atoms with Crippen LogP contribution in [0.5, 0.6) is 5.75 Å². The molecule has 1 fully saturated rings. The van der Waals surface area contributed by atoms with E-state index >= 15 is 0 Å². The monoisotopic (exact) mass is 402 g/mol. The second kappa shape index (κ2) is 9.92. The second-order valence-electron chi connectivity index (χ2n) is 6.98. The minimum atomic E-state index is -0.147. The molecular weight excluding hydrogens is 376 g/mol. The first kappa shape index (κ1) is 20.6. The zero-order valence-electron chi connectivity index (χ0n) is 16.4. The van der Waals surface area contributed by atoms with Crippen molar-refractivity contribution in [1.29, 1.82) is 0 Å². The fourth-order valence-corrected chi connectivity index (χ4v) is 3.62. The van der Waals surface area contributed by atoms with E-state index in [1.54, 1.807) is 0 Å². The van der Waals surface area contributed by atoms with Crippen LogP contribution in [-0.2, 0) is 9.53 Å². The Bertz CT molecular complexity index is 806. The highest BCUT2D eigenvalue weighted by Crippen LogP contribution is 2.27. The molecule has 6 heteroatoms. The molecule has 2 aromatic carbocycles. The summed E-state index contributed by atoms with van der Waals surface area (Å²) in [6, 6.07) is 13.6. The first-order chi connectivity index (χ1) is 13.6. The van der Waals surface area contributed by atoms with E-state index in [1.807, 2.05) is 56.3 Å². The van der Waals surface area contributed by atoms with Crippen LogP contribution >= 0.6 is 11.6 Å². The Kier molecular flexibility index (Phi) is 7.31. The van der Waals surface area contributed by atoms with Crippen molar-refractivity contribution in [2.75, 3.05) is 39.5 Å². The number of amides is 1. The van der Waals surface area contributed by atoms with Crippen LogP contribution in [0, 0.1) is 13.8 Å². The largest absolute Gasteiger partial charge is 0.483 e. The third kappa shape index (κ3) is 5.25. The Morgan fingerprint density at radius 1 is 1.18 bits per heavy atom. The number of carbonyl (C=O) groups excluding carboxylic acids is 1. The average Bonchev–Trinajstić information content (AvgIpc) is 2.71. The normalized spacial score (nSPS) is 15.8. The lowest BCUT2D eigenvalue weighted by atomic mass is 10.0. The fraction of sp³-hybridized carbons (Fsp3) is 0.409. The quantitative estimate of drug-likeness (QED) is 0.769. The number of aryl methyl sites for hydroxylation is 1. The van der Waals surface area contributed by atoms with Gasteiger partial charge < -0.3 is 14.8 Å². The molecule has 3 rings (SSSR count). The van der Waals surface area contributed by atoms with E-state index in [0.29, 0.717) is 24.8 Å². The number of benzene rings is 2. The summed E-state index contributed by atoms with van der Waals surface area (Å²) < 4.78 is 11.2. The molecule has 0 radical (unpaired) electrons. The van der Waals surface area contributed by atoms with Crippen LogP contribution in [0.15, 0.2) is 42.5 Å². The van der Waals surface area contributed by atoms with Gasteiger partial charge in [0.25, 0.3) is 5.91 Å². The second-order valence-corrected chi connectivity index (χ2v) is 7.38. The molecule has 1 saturated heterocycles. The van der Waals surface area contributed by atoms with Crippen LogP contribution in [0.2, 0.25) is 5.02 Å². The van der Waals surface area contributed by atoms with Gasteiger partial charge in [0.2, 0.25) is 0 Å². The summed E-state index contributed by atoms with van der Waals surface area (Å²) in [6.07, 6.45) is 0. The minimum absolute atomic E-state index is 0.00209. The summed E-state index contributed by atoms with van der Waals surface area (Å²) in [5, 5.41) is 3.71. The van der Waals surface area contributed by atoms with Gasteiger partial charge in [0.1, 0.15) is 5.75 Å². The van der Waals surface area contributed by atoms with Crippen LogP contribution < -0.4 is 10.1 Å². The lowest BCUT2D eigenvalue weighted by molar-refractivity contribution is -0.123. The molecule has 0 aliphatic carbocycles. The molecular formula is C22H27ClN2O3. The summed E-state index contributed by atoms with van der Waals surface area (Å²) >= 11 is 6.43. The summed E-state index contributed by atoms with van der Waals surface area (Å²) in [7, 11) is 0. The highest BCUT2D eigenvalue weighted by atomic mass is 35.5. The predicted octanol–water partition coefficient (Wildman–Crippen LogP) is 3.53. The van der Waals surface area contributed by atoms with Crippen molar-refractivity contribution in [3.63, 3.8) is 0 Å². The van der Waals surface area contributed by atoms with E-state index in [0.717, 1.165) is 35.5 Å². The van der Waals surface area contributed by atoms with Gasteiger partial charge in [-0.05, 0) is 42.7 Å². The molecule has 0 unspecified atom stereocenters. The molecule has 5 nitrogen and oxygen atoms in total. The number of rotatable bonds is 7. The molecule has 1 N–H and O–H groups in total. The molecule has 150 valence electrons. The van der Waals surface area contributed by atoms with E-state index in [1.165, 1.54) is 0 Å². The number of morpholine rings is 1. The van der Waals surface area contributed by atoms with Crippen molar-refractivity contribution >= 4 is 17.5 Å². The van der Waals surface area contributed by atoms with Crippen molar-refractivity contribution in [3.8, 4) is 5.75 Å². The van der Waals surface area contributed by atoms with Crippen molar-refractivity contribution in [3.05, 3.63) is 64.2 Å². The molecule has 28 heavy (non-hydrogen) atoms. The van der Waals surface area contributed by atoms with Gasteiger partial charge in [0.15, 0.2) is 6.61 Å². The lowest BCUT2D eigenvalue weighted by Crippen LogP contribution is -2.44. The summed E-state index contributed by atoms with van der Waals surface area (Å²) in [5.74, 6) is 0.595. The van der Waals surface area contributed by atoms with Gasteiger partial charge in [0, 0.05) is 24.7 Å². The molecule has 1 atom stereocenters. The fourth-order valence-electron chi connectivity index (χ4n) is 3.36. The van der Waals surface area contributed by atoms with E-state index in [-0.39, 0.29) is 18.6 Å². The Morgan fingerprint density at radius 3 is 2.68 bits per heavy atom. The maximum Gasteiger partial charge on any atom is 0.258 e. The van der Waals surface area contributed by atoms with Crippen molar-refractivity contribution in [1.82, 2.24) is 10.2 Å². The van der Waals surface area contributed by atoms with Crippen molar-refractivity contribution in [2.24, 2.45) is 0 Å². The standard InChI is InChI=1S/C22H27ClN2O3/c1-16-6-5-9-21(17(16)2)28-15-22(26)24-14-20(25-10-12-27-13-11-25)18-7-3-4-8-19(18)23/h3-9,20H,10-15H2,1-2H3,(H,24,26)/t20-/m0/s1. The molecule has 0 saturated carbocycles. The Balaban J connectivity index is 1.62. The highest BCUT2D eigenvalue weighted by molar-refractivity contribution is 6.31. The molecule has 0 aromatic heterocycles. The Labute approximate surface area is 171 Å². The van der Waals surface area contributed by atoms with E-state index in [4.69, 9.17) is 21.1 Å². The third-order valence-electron chi connectivity index (χ3n) is 5.16. The van der Waals surface area contributed by atoms with Gasteiger partial charge >= 0.3 is 0 Å². The smallest absolute Gasteiger partial charge is 0.258 e. The van der Waals surface area contributed by atoms with Crippen LogP contribution in [0.4, 0.5) is 0 Å². The minimum Gasteiger partial charge on any atom is -0.483 e. The van der Waals surface area contributed by atoms with Crippen LogP contribution in [-0.4, -0.2) is 50.3 Å². The molecule has 1 aliphatic heterocycles. The van der Waals surface area contributed by atoms with E-state index in [9.17, 15) is 4.79 Å². The summed E-state index contributed by atoms with van der Waals surface area (Å²) in [6.45, 7) is 7.47. The molecule has 0 spiro atoms. The first-order valence-electron chi connectivity index (χ1n) is 9.58. The zero-order chi connectivity index (χ0) is 19.9. The predicted molar refractivity (Wildman–Crippen MR) is 111 cm³/mol. The molecule has 1 heterocycles. The Morgan fingerprint density at radius 2 is 1.93 bits per heavy atom. The number of carbonyl (C=O) groups is 1. The topological polar surface area (TPSA) is 50.8 Å². The summed E-state index contributed by atoms with van der Waals surface area (Å²) in [5.41, 5.74) is 3.21. The molecule has 1 aliphatic rings. The number of ether oxygens (including phenoxy) is 2. The average molecular weight is 403 g/mol. The van der Waals surface area contributed by atoms with Gasteiger partial charge in [0.05, 0.1) is 19.3 Å². The van der Waals surface area contributed by atoms with Gasteiger partial charge in [-0.2, -0.15) is 0 Å². The van der Waals surface area contributed by atoms with Crippen LogP contribution in [0.3, 0.4) is 0 Å². The first-order valence-corrected chi connectivity index (χ1v) is 9.96. The van der Waals surface area contributed by atoms with E-state index in [2.05, 4.69) is 10.2 Å². The maximum absolute atomic E-state index is 12.4. The number of hydrogen-bond donors (Lipinski definition) is 1. The number of halogens is 1. The van der Waals surface area contributed by atoms with Crippen LogP contribution in [0.25, 0.3) is 0 Å². The summed E-state index contributed by atoms with van der Waals surface area (Å²) in [4.78, 5) is 14.7. The third-order valence-corrected chi connectivity index (χ3v) is 5.50. The van der Waals surface area contributed by atoms with Crippen LogP contribution in [0.1, 0.15) is 22.7 Å². The van der Waals surface area contributed by atoms with Gasteiger partial charge in [-0.25, -0.2) is 0 Å². The number of hydrogen-bond acceptors (Lipinski definition) is 4. The van der Waals surface area contributed by atoms with Gasteiger partial charge in [-0.1, -0.05) is 41.9 Å². The molecule has 2 aromatic rings. The zero-order valence-corrected chi connectivity index (χ0v) is 17.2.